The first kappa shape index (κ1) is 13.5. The lowest BCUT2D eigenvalue weighted by Crippen LogP contribution is -2.49. The van der Waals surface area contributed by atoms with Crippen LogP contribution in [0.4, 0.5) is 9.59 Å². The number of amides is 4. The smallest absolute Gasteiger partial charge is 0.316 e. The fraction of sp³-hybridized carbons (Fsp3) is 0.714. The molecule has 15 heavy (non-hydrogen) atoms. The van der Waals surface area contributed by atoms with Crippen LogP contribution in [0.15, 0.2) is 0 Å². The van der Waals surface area contributed by atoms with Gasteiger partial charge in [-0.2, -0.15) is 0 Å². The Morgan fingerprint density at radius 1 is 0.933 bits per heavy atom. The Hall–Kier alpha value is -1.54. The Morgan fingerprint density at radius 2 is 1.27 bits per heavy atom. The van der Waals surface area contributed by atoms with Crippen LogP contribution in [0.25, 0.3) is 0 Å². The molecule has 0 aliphatic rings. The van der Waals surface area contributed by atoms with Gasteiger partial charge < -0.3 is 31.5 Å². The summed E-state index contributed by atoms with van der Waals surface area (Å²) in [6.07, 6.45) is 0. The summed E-state index contributed by atoms with van der Waals surface area (Å²) in [6, 6.07) is -1.54. The normalized spacial score (nSPS) is 9.73. The van der Waals surface area contributed by atoms with Crippen LogP contribution in [-0.2, 0) is 0 Å². The number of carbonyl (C=O) groups is 2. The van der Waals surface area contributed by atoms with Gasteiger partial charge in [0, 0.05) is 13.1 Å². The molecule has 0 fully saturated rings. The zero-order chi connectivity index (χ0) is 11.8. The molecule has 0 aromatic heterocycles. The van der Waals surface area contributed by atoms with Crippen molar-refractivity contribution in [1.29, 1.82) is 0 Å². The molecule has 0 rings (SSSR count). The van der Waals surface area contributed by atoms with Crippen LogP contribution >= 0.6 is 0 Å². The van der Waals surface area contributed by atoms with Crippen molar-refractivity contribution in [3.05, 3.63) is 0 Å². The summed E-state index contributed by atoms with van der Waals surface area (Å²) in [5.41, 5.74) is 10.0. The van der Waals surface area contributed by atoms with Gasteiger partial charge in [-0.05, 0) is 0 Å². The quantitative estimate of drug-likeness (QED) is 0.374. The van der Waals surface area contributed by atoms with Crippen molar-refractivity contribution in [3.63, 3.8) is 0 Å². The first-order valence-corrected chi connectivity index (χ1v) is 4.33. The molecule has 6 N–H and O–H groups in total. The van der Waals surface area contributed by atoms with Crippen molar-refractivity contribution < 1.29 is 19.8 Å². The molecule has 8 nitrogen and oxygen atoms in total. The highest BCUT2D eigenvalue weighted by molar-refractivity contribution is 5.74. The summed E-state index contributed by atoms with van der Waals surface area (Å²) >= 11 is 0. The van der Waals surface area contributed by atoms with Gasteiger partial charge in [-0.15, -0.1) is 0 Å². The molecule has 0 aromatic carbocycles. The lowest BCUT2D eigenvalue weighted by molar-refractivity contribution is 0.125. The van der Waals surface area contributed by atoms with E-state index in [-0.39, 0.29) is 33.0 Å². The minimum atomic E-state index is -0.770. The van der Waals surface area contributed by atoms with Gasteiger partial charge in [0.2, 0.25) is 0 Å². The second-order valence-electron chi connectivity index (χ2n) is 2.79. The van der Waals surface area contributed by atoms with Gasteiger partial charge >= 0.3 is 12.1 Å². The van der Waals surface area contributed by atoms with E-state index in [1.807, 2.05) is 0 Å². The second kappa shape index (κ2) is 6.85. The monoisotopic (exact) mass is 220 g/mol. The second-order valence-corrected chi connectivity index (χ2v) is 2.79. The van der Waals surface area contributed by atoms with Gasteiger partial charge in [-0.25, -0.2) is 9.59 Å². The minimum Gasteiger partial charge on any atom is -0.395 e. The molecule has 0 saturated heterocycles. The molecule has 0 heterocycles. The number of rotatable bonds is 6. The fourth-order valence-corrected chi connectivity index (χ4v) is 0.949. The van der Waals surface area contributed by atoms with E-state index in [9.17, 15) is 9.59 Å². The van der Waals surface area contributed by atoms with Crippen molar-refractivity contribution in [3.8, 4) is 0 Å². The average molecular weight is 220 g/mol. The molecule has 0 aliphatic heterocycles. The highest BCUT2D eigenvalue weighted by Crippen LogP contribution is 1.94. The van der Waals surface area contributed by atoms with Crippen molar-refractivity contribution in [2.75, 3.05) is 33.0 Å². The van der Waals surface area contributed by atoms with Gasteiger partial charge in [0.25, 0.3) is 0 Å². The predicted molar refractivity (Wildman–Crippen MR) is 51.6 cm³/mol. The highest BCUT2D eigenvalue weighted by atomic mass is 16.3. The summed E-state index contributed by atoms with van der Waals surface area (Å²) in [4.78, 5) is 23.8. The van der Waals surface area contributed by atoms with Crippen molar-refractivity contribution in [2.45, 2.75) is 0 Å². The topological polar surface area (TPSA) is 133 Å². The molecule has 88 valence electrons. The third-order valence-electron chi connectivity index (χ3n) is 1.70. The number of nitrogens with zero attached hydrogens (tertiary/aromatic N) is 2. The third kappa shape index (κ3) is 5.03. The van der Waals surface area contributed by atoms with Crippen LogP contribution < -0.4 is 11.5 Å². The Labute approximate surface area is 87.0 Å². The lowest BCUT2D eigenvalue weighted by atomic mass is 10.5. The van der Waals surface area contributed by atoms with E-state index >= 15 is 0 Å². The Morgan fingerprint density at radius 3 is 1.47 bits per heavy atom. The minimum absolute atomic E-state index is 0.00451. The van der Waals surface area contributed by atoms with Gasteiger partial charge in [0.1, 0.15) is 0 Å². The number of aliphatic hydroxyl groups excluding tert-OH is 2. The van der Waals surface area contributed by atoms with Crippen LogP contribution in [0, 0.1) is 0 Å². The Kier molecular flexibility index (Phi) is 6.14. The summed E-state index contributed by atoms with van der Waals surface area (Å²) in [6.45, 7) is -0.676. The van der Waals surface area contributed by atoms with Crippen LogP contribution in [-0.4, -0.2) is 65.0 Å². The zero-order valence-electron chi connectivity index (χ0n) is 8.30. The summed E-state index contributed by atoms with van der Waals surface area (Å²) < 4.78 is 0. The maximum Gasteiger partial charge on any atom is 0.316 e. The molecule has 0 aromatic rings. The average Bonchev–Trinajstić information content (AvgIpc) is 2.15. The molecule has 8 heteroatoms. The summed E-state index contributed by atoms with van der Waals surface area (Å²) in [7, 11) is 0. The fourth-order valence-electron chi connectivity index (χ4n) is 0.949. The van der Waals surface area contributed by atoms with E-state index in [0.717, 1.165) is 9.80 Å². The van der Waals surface area contributed by atoms with Gasteiger partial charge in [0.05, 0.1) is 19.9 Å². The molecular weight excluding hydrogens is 204 g/mol. The number of hydrogen-bond donors (Lipinski definition) is 4. The Balaban J connectivity index is 4.32. The molecule has 0 saturated carbocycles. The first-order chi connectivity index (χ1) is 7.02. The van der Waals surface area contributed by atoms with Gasteiger partial charge in [-0.3, -0.25) is 0 Å². The van der Waals surface area contributed by atoms with Crippen LogP contribution in [0.3, 0.4) is 0 Å². The largest absolute Gasteiger partial charge is 0.395 e. The number of hydrogen-bond acceptors (Lipinski definition) is 4. The molecule has 4 amide bonds. The molecule has 0 spiro atoms. The first-order valence-electron chi connectivity index (χ1n) is 4.33. The van der Waals surface area contributed by atoms with E-state index in [2.05, 4.69) is 0 Å². The number of aliphatic hydroxyl groups is 2. The highest BCUT2D eigenvalue weighted by Gasteiger charge is 2.16. The summed E-state index contributed by atoms with van der Waals surface area (Å²) in [5, 5.41) is 17.3. The van der Waals surface area contributed by atoms with Gasteiger partial charge in [-0.1, -0.05) is 0 Å². The van der Waals surface area contributed by atoms with Crippen molar-refractivity contribution in [1.82, 2.24) is 9.80 Å². The number of carbonyl (C=O) groups excluding carboxylic acids is 2. The van der Waals surface area contributed by atoms with E-state index < -0.39 is 12.1 Å². The molecule has 0 aliphatic carbocycles. The maximum absolute atomic E-state index is 10.8. The van der Waals surface area contributed by atoms with Crippen LogP contribution in [0.5, 0.6) is 0 Å². The van der Waals surface area contributed by atoms with E-state index in [1.54, 1.807) is 0 Å². The van der Waals surface area contributed by atoms with Crippen LogP contribution in [0.1, 0.15) is 0 Å². The molecule has 0 atom stereocenters. The molecule has 0 unspecified atom stereocenters. The van der Waals surface area contributed by atoms with Crippen LogP contribution in [0.2, 0.25) is 0 Å². The van der Waals surface area contributed by atoms with Crippen molar-refractivity contribution >= 4 is 12.1 Å². The zero-order valence-corrected chi connectivity index (χ0v) is 8.30. The van der Waals surface area contributed by atoms with Crippen molar-refractivity contribution in [2.24, 2.45) is 11.5 Å². The Bertz CT molecular complexity index is 201. The van der Waals surface area contributed by atoms with Gasteiger partial charge in [0.15, 0.2) is 0 Å². The molecule has 0 radical (unpaired) electrons. The van der Waals surface area contributed by atoms with E-state index in [4.69, 9.17) is 21.7 Å². The standard InChI is InChI=1S/C7H16N4O4/c8-6(14)10(1-3-12)5-11(2-4-13)7(9)15/h12-13H,1-5H2,(H2,8,14)(H2,9,15). The van der Waals surface area contributed by atoms with E-state index in [0.29, 0.717) is 0 Å². The summed E-state index contributed by atoms with van der Waals surface area (Å²) in [5.74, 6) is 0. The molecular formula is C7H16N4O4. The number of urea groups is 2. The molecule has 0 bridgehead atoms. The van der Waals surface area contributed by atoms with E-state index in [1.165, 1.54) is 0 Å². The maximum atomic E-state index is 10.8. The SMILES string of the molecule is NC(=O)N(CCO)CN(CCO)C(N)=O. The lowest BCUT2D eigenvalue weighted by Gasteiger charge is -2.27. The predicted octanol–water partition coefficient (Wildman–Crippen LogP) is -2.31. The number of nitrogens with two attached hydrogens (primary N) is 2. The third-order valence-corrected chi connectivity index (χ3v) is 1.70. The number of primary amides is 2.